The molecule has 1 fully saturated rings. The van der Waals surface area contributed by atoms with Crippen LogP contribution in [0, 0.1) is 11.6 Å². The van der Waals surface area contributed by atoms with Gasteiger partial charge < -0.3 is 9.47 Å². The first-order valence-electron chi connectivity index (χ1n) is 5.77. The Labute approximate surface area is 124 Å². The molecule has 1 aromatic carbocycles. The lowest BCUT2D eigenvalue weighted by Crippen LogP contribution is -2.53. The third-order valence-corrected chi connectivity index (χ3v) is 5.38. The van der Waals surface area contributed by atoms with Gasteiger partial charge in [-0.2, -0.15) is 0 Å². The molecule has 8 heteroatoms. The molecule has 0 bridgehead atoms. The van der Waals surface area contributed by atoms with Crippen molar-refractivity contribution in [2.24, 2.45) is 0 Å². The summed E-state index contributed by atoms with van der Waals surface area (Å²) in [5.41, 5.74) is -0.475. The molecule has 0 spiro atoms. The first kappa shape index (κ1) is 15.7. The van der Waals surface area contributed by atoms with Crippen LogP contribution in [0.5, 0.6) is 5.75 Å². The van der Waals surface area contributed by atoms with Gasteiger partial charge in [-0.1, -0.05) is 15.9 Å². The molecule has 0 aliphatic carbocycles. The predicted molar refractivity (Wildman–Crippen MR) is 73.0 cm³/mol. The molecular weight excluding hydrogens is 358 g/mol. The van der Waals surface area contributed by atoms with E-state index in [1.807, 2.05) is 0 Å². The molecule has 0 aromatic heterocycles. The fraction of sp³-hybridized carbons (Fsp3) is 0.500. The first-order chi connectivity index (χ1) is 9.32. The summed E-state index contributed by atoms with van der Waals surface area (Å²) in [6.07, 6.45) is 0.948. The van der Waals surface area contributed by atoms with Crippen molar-refractivity contribution in [1.29, 1.82) is 0 Å². The molecule has 1 aromatic rings. The topological polar surface area (TPSA) is 52.6 Å². The summed E-state index contributed by atoms with van der Waals surface area (Å²) >= 11 is 3.13. The van der Waals surface area contributed by atoms with E-state index in [9.17, 15) is 17.2 Å². The largest absolute Gasteiger partial charge is 0.493 e. The zero-order valence-electron chi connectivity index (χ0n) is 10.7. The van der Waals surface area contributed by atoms with E-state index in [-0.39, 0.29) is 25.6 Å². The molecule has 0 unspecified atom stereocenters. The van der Waals surface area contributed by atoms with Crippen LogP contribution < -0.4 is 4.74 Å². The molecule has 0 N–H and O–H groups in total. The number of sulfone groups is 1. The second kappa shape index (κ2) is 5.57. The van der Waals surface area contributed by atoms with E-state index in [0.29, 0.717) is 5.33 Å². The molecule has 1 aliphatic heterocycles. The van der Waals surface area contributed by atoms with Crippen LogP contribution in [-0.2, 0) is 19.3 Å². The summed E-state index contributed by atoms with van der Waals surface area (Å²) in [6.45, 7) is -0.249. The summed E-state index contributed by atoms with van der Waals surface area (Å²) < 4.78 is 60.3. The number of rotatable bonds is 5. The summed E-state index contributed by atoms with van der Waals surface area (Å²) in [6, 6.07) is 1.98. The van der Waals surface area contributed by atoms with Gasteiger partial charge in [0.15, 0.2) is 9.84 Å². The molecule has 112 valence electrons. The van der Waals surface area contributed by atoms with Gasteiger partial charge in [-0.25, -0.2) is 17.2 Å². The number of hydrogen-bond donors (Lipinski definition) is 0. The van der Waals surface area contributed by atoms with Gasteiger partial charge in [0.05, 0.1) is 19.8 Å². The summed E-state index contributed by atoms with van der Waals surface area (Å²) in [7, 11) is -3.71. The molecule has 0 atom stereocenters. The van der Waals surface area contributed by atoms with Crippen molar-refractivity contribution >= 4 is 25.8 Å². The maximum atomic E-state index is 14.1. The minimum absolute atomic E-state index is 0.0205. The Morgan fingerprint density at radius 2 is 1.90 bits per heavy atom. The van der Waals surface area contributed by atoms with Crippen molar-refractivity contribution in [3.8, 4) is 5.75 Å². The van der Waals surface area contributed by atoms with Gasteiger partial charge in [0.25, 0.3) is 0 Å². The van der Waals surface area contributed by atoms with E-state index in [4.69, 9.17) is 9.47 Å². The van der Waals surface area contributed by atoms with Crippen LogP contribution in [0.2, 0.25) is 0 Å². The Morgan fingerprint density at radius 3 is 2.25 bits per heavy atom. The zero-order valence-corrected chi connectivity index (χ0v) is 13.1. The van der Waals surface area contributed by atoms with E-state index in [1.54, 1.807) is 0 Å². The first-order valence-corrected chi connectivity index (χ1v) is 8.79. The van der Waals surface area contributed by atoms with E-state index >= 15 is 0 Å². The quantitative estimate of drug-likeness (QED) is 0.744. The summed E-state index contributed by atoms with van der Waals surface area (Å²) in [4.78, 5) is 0. The van der Waals surface area contributed by atoms with E-state index < -0.39 is 31.8 Å². The zero-order chi connectivity index (χ0) is 15.0. The van der Waals surface area contributed by atoms with Crippen molar-refractivity contribution in [3.05, 3.63) is 29.3 Å². The Hall–Kier alpha value is -0.730. The van der Waals surface area contributed by atoms with Gasteiger partial charge in [0, 0.05) is 29.3 Å². The highest BCUT2D eigenvalue weighted by Crippen LogP contribution is 2.41. The highest BCUT2D eigenvalue weighted by molar-refractivity contribution is 9.09. The average Bonchev–Trinajstić information content (AvgIpc) is 2.26. The number of benzene rings is 1. The second-order valence-corrected chi connectivity index (χ2v) is 7.68. The smallest absolute Gasteiger partial charge is 0.162 e. The summed E-state index contributed by atoms with van der Waals surface area (Å²) in [5.74, 6) is -1.86. The maximum absolute atomic E-state index is 14.1. The van der Waals surface area contributed by atoms with Crippen LogP contribution in [0.1, 0.15) is 5.56 Å². The van der Waals surface area contributed by atoms with Gasteiger partial charge in [-0.05, 0) is 0 Å². The lowest BCUT2D eigenvalue weighted by Gasteiger charge is -2.40. The van der Waals surface area contributed by atoms with Gasteiger partial charge >= 0.3 is 0 Å². The Bertz CT molecular complexity index is 591. The fourth-order valence-electron chi connectivity index (χ4n) is 2.06. The molecule has 1 heterocycles. The molecular formula is C12H13BrF2O4S. The molecule has 0 saturated carbocycles. The SMILES string of the molecule is CS(=O)(=O)C1(c2c(F)cc(OCCBr)cc2F)COC1. The standard InChI is InChI=1S/C12H13BrF2O4S/c1-20(16,17)12(6-18-7-12)11-9(14)4-8(5-10(11)15)19-3-2-13/h4-5H,2-3,6-7H2,1H3. The molecule has 20 heavy (non-hydrogen) atoms. The van der Waals surface area contributed by atoms with Crippen LogP contribution >= 0.6 is 15.9 Å². The molecule has 1 saturated heterocycles. The fourth-order valence-corrected chi connectivity index (χ4v) is 3.38. The monoisotopic (exact) mass is 370 g/mol. The minimum atomic E-state index is -3.71. The van der Waals surface area contributed by atoms with Gasteiger partial charge in [0.1, 0.15) is 22.1 Å². The number of ether oxygens (including phenoxy) is 2. The van der Waals surface area contributed by atoms with Crippen LogP contribution in [0.15, 0.2) is 12.1 Å². The highest BCUT2D eigenvalue weighted by atomic mass is 79.9. The number of hydrogen-bond acceptors (Lipinski definition) is 4. The highest BCUT2D eigenvalue weighted by Gasteiger charge is 2.53. The van der Waals surface area contributed by atoms with Crippen molar-refractivity contribution < 1.29 is 26.7 Å². The predicted octanol–water partition coefficient (Wildman–Crippen LogP) is 2.01. The third-order valence-electron chi connectivity index (χ3n) is 3.20. The second-order valence-electron chi connectivity index (χ2n) is 4.56. The van der Waals surface area contributed by atoms with Crippen LogP contribution in [0.4, 0.5) is 8.78 Å². The normalized spacial score (nSPS) is 17.6. The van der Waals surface area contributed by atoms with Crippen LogP contribution in [0.25, 0.3) is 0 Å². The lowest BCUT2D eigenvalue weighted by molar-refractivity contribution is -0.0187. The van der Waals surface area contributed by atoms with Gasteiger partial charge in [0.2, 0.25) is 0 Å². The minimum Gasteiger partial charge on any atom is -0.493 e. The van der Waals surface area contributed by atoms with Crippen LogP contribution in [-0.4, -0.2) is 39.8 Å². The Balaban J connectivity index is 2.48. The molecule has 4 nitrogen and oxygen atoms in total. The van der Waals surface area contributed by atoms with E-state index in [2.05, 4.69) is 15.9 Å². The third kappa shape index (κ3) is 2.56. The average molecular weight is 371 g/mol. The molecule has 2 rings (SSSR count). The van der Waals surface area contributed by atoms with E-state index in [1.165, 1.54) is 0 Å². The Kier molecular flexibility index (Phi) is 4.36. The van der Waals surface area contributed by atoms with Crippen molar-refractivity contribution in [2.45, 2.75) is 4.75 Å². The number of alkyl halides is 1. The van der Waals surface area contributed by atoms with Gasteiger partial charge in [-0.3, -0.25) is 0 Å². The molecule has 0 radical (unpaired) electrons. The van der Waals surface area contributed by atoms with E-state index in [0.717, 1.165) is 18.4 Å². The maximum Gasteiger partial charge on any atom is 0.162 e. The Morgan fingerprint density at radius 1 is 1.35 bits per heavy atom. The van der Waals surface area contributed by atoms with Gasteiger partial charge in [-0.15, -0.1) is 0 Å². The summed E-state index contributed by atoms with van der Waals surface area (Å²) in [5, 5.41) is 0.513. The molecule has 1 aliphatic rings. The van der Waals surface area contributed by atoms with Crippen LogP contribution in [0.3, 0.4) is 0 Å². The van der Waals surface area contributed by atoms with Crippen molar-refractivity contribution in [1.82, 2.24) is 0 Å². The van der Waals surface area contributed by atoms with Crippen molar-refractivity contribution in [3.63, 3.8) is 0 Å². The van der Waals surface area contributed by atoms with Crippen molar-refractivity contribution in [2.75, 3.05) is 31.4 Å². The molecule has 0 amide bonds. The lowest BCUT2D eigenvalue weighted by atomic mass is 9.95. The number of halogens is 3.